The van der Waals surface area contributed by atoms with Gasteiger partial charge in [0.25, 0.3) is 0 Å². The maximum atomic E-state index is 11.7. The molecular weight excluding hydrogens is 226 g/mol. The molecule has 1 saturated carbocycles. The summed E-state index contributed by atoms with van der Waals surface area (Å²) in [6, 6.07) is -0.468. The first-order valence-electron chi connectivity index (χ1n) is 5.38. The van der Waals surface area contributed by atoms with Gasteiger partial charge in [-0.3, -0.25) is 9.59 Å². The third-order valence-electron chi connectivity index (χ3n) is 2.91. The van der Waals surface area contributed by atoms with Gasteiger partial charge in [0.15, 0.2) is 0 Å². The predicted molar refractivity (Wildman–Crippen MR) is 59.2 cm³/mol. The Hall–Kier alpha value is -1.79. The van der Waals surface area contributed by atoms with Crippen molar-refractivity contribution >= 4 is 17.9 Å². The second kappa shape index (κ2) is 5.03. The average Bonchev–Trinajstić information content (AvgIpc) is 2.12. The number of nitrogens with two attached hydrogens (primary N) is 1. The summed E-state index contributed by atoms with van der Waals surface area (Å²) < 4.78 is 0. The lowest BCUT2D eigenvalue weighted by Crippen LogP contribution is -2.58. The number of rotatable bonds is 5. The Morgan fingerprint density at radius 1 is 1.41 bits per heavy atom. The van der Waals surface area contributed by atoms with Crippen molar-refractivity contribution in [2.24, 2.45) is 5.73 Å². The highest BCUT2D eigenvalue weighted by Gasteiger charge is 2.40. The first-order valence-corrected chi connectivity index (χ1v) is 5.38. The molecule has 96 valence electrons. The zero-order valence-corrected chi connectivity index (χ0v) is 9.73. The molecule has 0 spiro atoms. The van der Waals surface area contributed by atoms with Crippen LogP contribution < -0.4 is 11.1 Å². The third-order valence-corrected chi connectivity index (χ3v) is 2.91. The summed E-state index contributed by atoms with van der Waals surface area (Å²) in [6.07, 6.45) is 2.10. The fraction of sp³-hybridized carbons (Fsp3) is 0.700. The van der Waals surface area contributed by atoms with Gasteiger partial charge < -0.3 is 21.1 Å². The number of amides is 3. The van der Waals surface area contributed by atoms with E-state index in [9.17, 15) is 14.4 Å². The highest BCUT2D eigenvalue weighted by molar-refractivity contribution is 5.83. The summed E-state index contributed by atoms with van der Waals surface area (Å²) in [7, 11) is 1.44. The summed E-state index contributed by atoms with van der Waals surface area (Å²) >= 11 is 0. The van der Waals surface area contributed by atoms with E-state index >= 15 is 0 Å². The number of carboxylic acids is 1. The molecule has 0 bridgehead atoms. The summed E-state index contributed by atoms with van der Waals surface area (Å²) in [5, 5.41) is 11.4. The largest absolute Gasteiger partial charge is 0.481 e. The summed E-state index contributed by atoms with van der Waals surface area (Å²) in [4.78, 5) is 34.2. The predicted octanol–water partition coefficient (Wildman–Crippen LogP) is -0.489. The Morgan fingerprint density at radius 3 is 2.35 bits per heavy atom. The van der Waals surface area contributed by atoms with Crippen LogP contribution in [0.5, 0.6) is 0 Å². The highest BCUT2D eigenvalue weighted by Crippen LogP contribution is 2.34. The van der Waals surface area contributed by atoms with Crippen molar-refractivity contribution in [3.63, 3.8) is 0 Å². The average molecular weight is 243 g/mol. The SMILES string of the molecule is CN(CC(N)=O)C(=O)NC1(CC(=O)O)CCC1. The Morgan fingerprint density at radius 2 is 2.00 bits per heavy atom. The Bertz CT molecular complexity index is 338. The molecule has 4 N–H and O–H groups in total. The number of likely N-dealkylation sites (N-methyl/N-ethyl adjacent to an activating group) is 1. The van der Waals surface area contributed by atoms with Gasteiger partial charge in [0.2, 0.25) is 5.91 Å². The molecule has 0 aromatic carbocycles. The van der Waals surface area contributed by atoms with Crippen molar-refractivity contribution < 1.29 is 19.5 Å². The molecule has 0 aliphatic heterocycles. The third kappa shape index (κ3) is 3.61. The van der Waals surface area contributed by atoms with Gasteiger partial charge in [-0.05, 0) is 19.3 Å². The van der Waals surface area contributed by atoms with E-state index in [1.54, 1.807) is 0 Å². The molecule has 1 aliphatic rings. The molecule has 1 rings (SSSR count). The minimum atomic E-state index is -0.942. The molecule has 0 saturated heterocycles. The van der Waals surface area contributed by atoms with Crippen LogP contribution in [0.3, 0.4) is 0 Å². The minimum absolute atomic E-state index is 0.0941. The lowest BCUT2D eigenvalue weighted by atomic mass is 9.74. The number of nitrogens with one attached hydrogen (secondary N) is 1. The quantitative estimate of drug-likeness (QED) is 0.604. The van der Waals surface area contributed by atoms with Gasteiger partial charge in [0, 0.05) is 7.05 Å². The van der Waals surface area contributed by atoms with E-state index in [1.807, 2.05) is 0 Å². The molecule has 3 amide bonds. The van der Waals surface area contributed by atoms with Crippen LogP contribution in [0, 0.1) is 0 Å². The normalized spacial score (nSPS) is 16.8. The summed E-state index contributed by atoms with van der Waals surface area (Å²) in [5.74, 6) is -1.55. The number of carbonyl (C=O) groups excluding carboxylic acids is 2. The van der Waals surface area contributed by atoms with Crippen LogP contribution in [0.4, 0.5) is 4.79 Å². The van der Waals surface area contributed by atoms with Crippen molar-refractivity contribution in [2.75, 3.05) is 13.6 Å². The van der Waals surface area contributed by atoms with Crippen LogP contribution in [0.25, 0.3) is 0 Å². The number of hydrogen-bond donors (Lipinski definition) is 3. The molecule has 0 atom stereocenters. The van der Waals surface area contributed by atoms with Crippen LogP contribution in [-0.4, -0.2) is 47.0 Å². The van der Waals surface area contributed by atoms with Gasteiger partial charge in [0.1, 0.15) is 6.54 Å². The van der Waals surface area contributed by atoms with Gasteiger partial charge in [0.05, 0.1) is 12.0 Å². The molecule has 0 unspecified atom stereocenters. The maximum Gasteiger partial charge on any atom is 0.318 e. The molecule has 7 nitrogen and oxygen atoms in total. The standard InChI is InChI=1S/C10H17N3O4/c1-13(6-7(11)14)9(17)12-10(3-2-4-10)5-8(15)16/h2-6H2,1H3,(H2,11,14)(H,12,17)(H,15,16). The van der Waals surface area contributed by atoms with E-state index in [-0.39, 0.29) is 13.0 Å². The van der Waals surface area contributed by atoms with Gasteiger partial charge >= 0.3 is 12.0 Å². The number of carbonyl (C=O) groups is 3. The van der Waals surface area contributed by atoms with Gasteiger partial charge in [-0.15, -0.1) is 0 Å². The molecule has 0 aromatic rings. The van der Waals surface area contributed by atoms with Crippen LogP contribution >= 0.6 is 0 Å². The fourth-order valence-electron chi connectivity index (χ4n) is 1.87. The monoisotopic (exact) mass is 243 g/mol. The topological polar surface area (TPSA) is 113 Å². The first kappa shape index (κ1) is 13.3. The molecular formula is C10H17N3O4. The number of aliphatic carboxylic acids is 1. The van der Waals surface area contributed by atoms with Gasteiger partial charge in [-0.25, -0.2) is 4.79 Å². The summed E-state index contributed by atoms with van der Waals surface area (Å²) in [5.41, 5.74) is 4.31. The van der Waals surface area contributed by atoms with E-state index < -0.39 is 23.4 Å². The van der Waals surface area contributed by atoms with E-state index in [2.05, 4.69) is 5.32 Å². The first-order chi connectivity index (χ1) is 7.84. The molecule has 17 heavy (non-hydrogen) atoms. The van der Waals surface area contributed by atoms with Gasteiger partial charge in [-0.1, -0.05) is 0 Å². The van der Waals surface area contributed by atoms with Crippen LogP contribution in [0.15, 0.2) is 0 Å². The van der Waals surface area contributed by atoms with Crippen LogP contribution in [0.2, 0.25) is 0 Å². The van der Waals surface area contributed by atoms with Crippen molar-refractivity contribution in [3.8, 4) is 0 Å². The molecule has 7 heteroatoms. The van der Waals surface area contributed by atoms with Gasteiger partial charge in [-0.2, -0.15) is 0 Å². The van der Waals surface area contributed by atoms with Crippen molar-refractivity contribution in [1.82, 2.24) is 10.2 Å². The van der Waals surface area contributed by atoms with E-state index in [0.717, 1.165) is 11.3 Å². The summed E-state index contributed by atoms with van der Waals surface area (Å²) in [6.45, 7) is -0.186. The second-order valence-electron chi connectivity index (χ2n) is 4.46. The number of hydrogen-bond acceptors (Lipinski definition) is 3. The van der Waals surface area contributed by atoms with E-state index in [4.69, 9.17) is 10.8 Å². The molecule has 1 fully saturated rings. The zero-order chi connectivity index (χ0) is 13.1. The number of primary amides is 1. The number of carboxylic acid groups (broad SMARTS) is 1. The number of nitrogens with zero attached hydrogens (tertiary/aromatic N) is 1. The lowest BCUT2D eigenvalue weighted by Gasteiger charge is -2.42. The van der Waals surface area contributed by atoms with Crippen molar-refractivity contribution in [1.29, 1.82) is 0 Å². The fourth-order valence-corrected chi connectivity index (χ4v) is 1.87. The van der Waals surface area contributed by atoms with Crippen molar-refractivity contribution in [3.05, 3.63) is 0 Å². The smallest absolute Gasteiger partial charge is 0.318 e. The second-order valence-corrected chi connectivity index (χ2v) is 4.46. The Labute approximate surface area is 98.9 Å². The lowest BCUT2D eigenvalue weighted by molar-refractivity contribution is -0.139. The van der Waals surface area contributed by atoms with Crippen molar-refractivity contribution in [2.45, 2.75) is 31.2 Å². The molecule has 0 heterocycles. The highest BCUT2D eigenvalue weighted by atomic mass is 16.4. The van der Waals surface area contributed by atoms with Crippen LogP contribution in [0.1, 0.15) is 25.7 Å². The van der Waals surface area contributed by atoms with Crippen LogP contribution in [-0.2, 0) is 9.59 Å². The Kier molecular flexibility index (Phi) is 3.93. The minimum Gasteiger partial charge on any atom is -0.481 e. The number of urea groups is 1. The molecule has 1 aliphatic carbocycles. The molecule has 0 aromatic heterocycles. The zero-order valence-electron chi connectivity index (χ0n) is 9.73. The van der Waals surface area contributed by atoms with E-state index in [0.29, 0.717) is 12.8 Å². The van der Waals surface area contributed by atoms with E-state index in [1.165, 1.54) is 7.05 Å². The molecule has 0 radical (unpaired) electrons. The Balaban J connectivity index is 2.53. The maximum absolute atomic E-state index is 11.7.